The molecule has 3 rings (SSSR count). The maximum atomic E-state index is 12.2. The van der Waals surface area contributed by atoms with Crippen LogP contribution < -0.4 is 15.6 Å². The second kappa shape index (κ2) is 7.81. The van der Waals surface area contributed by atoms with Crippen molar-refractivity contribution in [2.75, 3.05) is 13.7 Å². The summed E-state index contributed by atoms with van der Waals surface area (Å²) in [5, 5.41) is 4.52. The van der Waals surface area contributed by atoms with Crippen molar-refractivity contribution in [2.24, 2.45) is 0 Å². The van der Waals surface area contributed by atoms with E-state index in [1.807, 2.05) is 0 Å². The number of ether oxygens (including phenoxy) is 1. The largest absolute Gasteiger partial charge is 0.495 e. The summed E-state index contributed by atoms with van der Waals surface area (Å²) in [7, 11) is 1.53. The highest BCUT2D eigenvalue weighted by Gasteiger charge is 2.09. The molecule has 2 N–H and O–H groups in total. The predicted octanol–water partition coefficient (Wildman–Crippen LogP) is 3.82. The number of rotatable bonds is 5. The van der Waals surface area contributed by atoms with E-state index in [0.717, 1.165) is 5.39 Å². The Morgan fingerprint density at radius 1 is 1.19 bits per heavy atom. The van der Waals surface area contributed by atoms with E-state index in [2.05, 4.69) is 10.3 Å². The first-order chi connectivity index (χ1) is 12.5. The normalized spacial score (nSPS) is 10.7. The summed E-state index contributed by atoms with van der Waals surface area (Å²) in [4.78, 5) is 27.1. The van der Waals surface area contributed by atoms with Crippen molar-refractivity contribution in [2.45, 2.75) is 6.42 Å². The lowest BCUT2D eigenvalue weighted by atomic mass is 10.1. The van der Waals surface area contributed by atoms with Crippen LogP contribution in [-0.4, -0.2) is 24.5 Å². The van der Waals surface area contributed by atoms with Gasteiger partial charge in [0.05, 0.1) is 17.6 Å². The molecule has 134 valence electrons. The first-order valence-electron chi connectivity index (χ1n) is 7.91. The molecule has 1 heterocycles. The fraction of sp³-hybridized carbons (Fsp3) is 0.158. The van der Waals surface area contributed by atoms with Crippen molar-refractivity contribution < 1.29 is 9.53 Å². The molecule has 0 bridgehead atoms. The van der Waals surface area contributed by atoms with Gasteiger partial charge in [-0.3, -0.25) is 9.59 Å². The van der Waals surface area contributed by atoms with E-state index in [1.165, 1.54) is 7.11 Å². The SMILES string of the molecule is COc1cc2cc(CCNC(=O)c3cccc(Cl)c3)c(=O)[nH]c2cc1Cl. The van der Waals surface area contributed by atoms with Crippen LogP contribution in [0.4, 0.5) is 0 Å². The molecule has 1 aromatic heterocycles. The Labute approximate surface area is 159 Å². The number of nitrogens with one attached hydrogen (secondary N) is 2. The summed E-state index contributed by atoms with van der Waals surface area (Å²) < 4.78 is 5.20. The molecule has 0 aliphatic carbocycles. The number of carbonyl (C=O) groups is 1. The summed E-state index contributed by atoms with van der Waals surface area (Å²) in [6.45, 7) is 0.324. The molecule has 5 nitrogen and oxygen atoms in total. The standard InChI is InChI=1S/C19H16Cl2N2O3/c1-26-17-9-13-7-12(19(25)23-16(13)10-15(17)21)5-6-22-18(24)11-3-2-4-14(20)8-11/h2-4,7-10H,5-6H2,1H3,(H,22,24)(H,23,25). The molecule has 0 aliphatic heterocycles. The number of amides is 1. The molecule has 0 atom stereocenters. The monoisotopic (exact) mass is 390 g/mol. The van der Waals surface area contributed by atoms with E-state index < -0.39 is 0 Å². The molecule has 0 aliphatic rings. The zero-order valence-electron chi connectivity index (χ0n) is 13.9. The van der Waals surface area contributed by atoms with Crippen molar-refractivity contribution in [3.05, 3.63) is 74.0 Å². The Balaban J connectivity index is 1.74. The summed E-state index contributed by atoms with van der Waals surface area (Å²) in [5.41, 5.74) is 1.46. The number of aromatic nitrogens is 1. The molecule has 3 aromatic rings. The quantitative estimate of drug-likeness (QED) is 0.695. The highest BCUT2D eigenvalue weighted by atomic mass is 35.5. The topological polar surface area (TPSA) is 71.2 Å². The molecule has 26 heavy (non-hydrogen) atoms. The number of H-pyrrole nitrogens is 1. The third-order valence-electron chi connectivity index (χ3n) is 3.96. The Kier molecular flexibility index (Phi) is 5.49. The third-order valence-corrected chi connectivity index (χ3v) is 4.49. The molecule has 0 saturated heterocycles. The number of hydrogen-bond donors (Lipinski definition) is 2. The average Bonchev–Trinajstić information content (AvgIpc) is 2.61. The van der Waals surface area contributed by atoms with E-state index in [9.17, 15) is 9.59 Å². The van der Waals surface area contributed by atoms with E-state index in [-0.39, 0.29) is 11.5 Å². The minimum absolute atomic E-state index is 0.212. The van der Waals surface area contributed by atoms with Crippen LogP contribution in [0.2, 0.25) is 10.0 Å². The van der Waals surface area contributed by atoms with Gasteiger partial charge in [0, 0.05) is 28.1 Å². The zero-order chi connectivity index (χ0) is 18.7. The lowest BCUT2D eigenvalue weighted by molar-refractivity contribution is 0.0954. The number of hydrogen-bond acceptors (Lipinski definition) is 3. The molecule has 0 spiro atoms. The summed E-state index contributed by atoms with van der Waals surface area (Å²) >= 11 is 12.0. The van der Waals surface area contributed by atoms with Crippen molar-refractivity contribution in [3.63, 3.8) is 0 Å². The van der Waals surface area contributed by atoms with Gasteiger partial charge in [-0.25, -0.2) is 0 Å². The first kappa shape index (κ1) is 18.3. The number of aromatic amines is 1. The maximum Gasteiger partial charge on any atom is 0.251 e. The van der Waals surface area contributed by atoms with Gasteiger partial charge in [0.1, 0.15) is 5.75 Å². The van der Waals surface area contributed by atoms with Gasteiger partial charge in [-0.1, -0.05) is 29.3 Å². The van der Waals surface area contributed by atoms with Crippen LogP contribution in [0.1, 0.15) is 15.9 Å². The molecule has 7 heteroatoms. The predicted molar refractivity (Wildman–Crippen MR) is 104 cm³/mol. The lowest BCUT2D eigenvalue weighted by Crippen LogP contribution is -2.27. The van der Waals surface area contributed by atoms with Crippen LogP contribution in [0.3, 0.4) is 0 Å². The Hall–Kier alpha value is -2.50. The minimum Gasteiger partial charge on any atom is -0.495 e. The van der Waals surface area contributed by atoms with Crippen LogP contribution in [0.5, 0.6) is 5.75 Å². The van der Waals surface area contributed by atoms with Gasteiger partial charge < -0.3 is 15.0 Å². The number of halogens is 2. The molecular formula is C19H16Cl2N2O3. The maximum absolute atomic E-state index is 12.2. The van der Waals surface area contributed by atoms with Gasteiger partial charge >= 0.3 is 0 Å². The molecular weight excluding hydrogens is 375 g/mol. The second-order valence-corrected chi connectivity index (χ2v) is 6.56. The number of methoxy groups -OCH3 is 1. The Bertz CT molecular complexity index is 1030. The number of fused-ring (bicyclic) bond motifs is 1. The highest BCUT2D eigenvalue weighted by Crippen LogP contribution is 2.28. The molecule has 0 unspecified atom stereocenters. The summed E-state index contributed by atoms with van der Waals surface area (Å²) in [5.74, 6) is 0.296. The van der Waals surface area contributed by atoms with Crippen LogP contribution in [-0.2, 0) is 6.42 Å². The molecule has 1 amide bonds. The number of pyridine rings is 1. The van der Waals surface area contributed by atoms with E-state index >= 15 is 0 Å². The smallest absolute Gasteiger partial charge is 0.251 e. The van der Waals surface area contributed by atoms with Gasteiger partial charge in [-0.05, 0) is 42.8 Å². The van der Waals surface area contributed by atoms with Crippen molar-refractivity contribution in [1.82, 2.24) is 10.3 Å². The van der Waals surface area contributed by atoms with E-state index in [0.29, 0.717) is 45.4 Å². The Morgan fingerprint density at radius 2 is 2.00 bits per heavy atom. The fourth-order valence-electron chi connectivity index (χ4n) is 2.64. The second-order valence-electron chi connectivity index (χ2n) is 5.71. The van der Waals surface area contributed by atoms with Gasteiger partial charge in [-0.15, -0.1) is 0 Å². The van der Waals surface area contributed by atoms with Crippen molar-refractivity contribution >= 4 is 40.0 Å². The van der Waals surface area contributed by atoms with Gasteiger partial charge in [0.2, 0.25) is 0 Å². The molecule has 0 saturated carbocycles. The summed E-state index contributed by atoms with van der Waals surface area (Å²) in [6, 6.07) is 11.9. The number of carbonyl (C=O) groups excluding carboxylic acids is 1. The average molecular weight is 391 g/mol. The minimum atomic E-state index is -0.238. The van der Waals surface area contributed by atoms with Crippen LogP contribution in [0, 0.1) is 0 Å². The van der Waals surface area contributed by atoms with Crippen LogP contribution in [0.25, 0.3) is 10.9 Å². The molecule has 0 radical (unpaired) electrons. The highest BCUT2D eigenvalue weighted by molar-refractivity contribution is 6.32. The number of benzene rings is 2. The van der Waals surface area contributed by atoms with Crippen molar-refractivity contribution in [1.29, 1.82) is 0 Å². The Morgan fingerprint density at radius 3 is 2.73 bits per heavy atom. The lowest BCUT2D eigenvalue weighted by Gasteiger charge is -2.08. The molecule has 2 aromatic carbocycles. The van der Waals surface area contributed by atoms with Gasteiger partial charge in [0.25, 0.3) is 11.5 Å². The van der Waals surface area contributed by atoms with E-state index in [1.54, 1.807) is 42.5 Å². The van der Waals surface area contributed by atoms with Crippen LogP contribution >= 0.6 is 23.2 Å². The third kappa shape index (κ3) is 4.00. The fourth-order valence-corrected chi connectivity index (χ4v) is 3.07. The summed E-state index contributed by atoms with van der Waals surface area (Å²) in [6.07, 6.45) is 0.391. The molecule has 0 fully saturated rings. The van der Waals surface area contributed by atoms with Gasteiger partial charge in [0.15, 0.2) is 0 Å². The van der Waals surface area contributed by atoms with E-state index in [4.69, 9.17) is 27.9 Å². The van der Waals surface area contributed by atoms with Crippen molar-refractivity contribution in [3.8, 4) is 5.75 Å². The van der Waals surface area contributed by atoms with Crippen LogP contribution in [0.15, 0.2) is 47.3 Å². The zero-order valence-corrected chi connectivity index (χ0v) is 15.4. The first-order valence-corrected chi connectivity index (χ1v) is 8.67. The van der Waals surface area contributed by atoms with Gasteiger partial charge in [-0.2, -0.15) is 0 Å².